The Labute approximate surface area is 87.0 Å². The predicted molar refractivity (Wildman–Crippen MR) is 58.3 cm³/mol. The van der Waals surface area contributed by atoms with Crippen molar-refractivity contribution in [3.05, 3.63) is 36.0 Å². The molecule has 0 saturated carbocycles. The second-order valence-corrected chi connectivity index (χ2v) is 3.51. The largest absolute Gasteiger partial charge is 0.468 e. The minimum absolute atomic E-state index is 1.03. The number of rotatable bonds is 3. The molecular weight excluding hydrogens is 190 g/mol. The third kappa shape index (κ3) is 1.44. The van der Waals surface area contributed by atoms with Crippen LogP contribution in [0.4, 0.5) is 0 Å². The van der Waals surface area contributed by atoms with Gasteiger partial charge in [-0.1, -0.05) is 31.5 Å². The van der Waals surface area contributed by atoms with Crippen LogP contribution in [-0.4, -0.2) is 15.2 Å². The number of fused-ring (bicyclic) bond motifs is 1. The average Bonchev–Trinajstić information content (AvgIpc) is 2.55. The Morgan fingerprint density at radius 1 is 1.36 bits per heavy atom. The molecule has 0 aliphatic heterocycles. The lowest BCUT2D eigenvalue weighted by molar-refractivity contribution is 0.304. The van der Waals surface area contributed by atoms with Crippen LogP contribution in [0.5, 0.6) is 0 Å². The molecule has 2 aromatic rings. The van der Waals surface area contributed by atoms with Gasteiger partial charge in [0.05, 0.1) is 11.2 Å². The summed E-state index contributed by atoms with van der Waals surface area (Å²) in [5.41, 5.74) is 2.30. The van der Waals surface area contributed by atoms with E-state index >= 15 is 0 Å². The van der Waals surface area contributed by atoms with Gasteiger partial charge in [-0.05, 0) is 18.6 Å². The lowest BCUT2D eigenvalue weighted by Gasteiger charge is -2.07. The van der Waals surface area contributed by atoms with Gasteiger partial charge in [0.2, 0.25) is 0 Å². The fraction of sp³-hybridized carbons (Fsp3) is 0.273. The topological polar surface area (TPSA) is 14.2 Å². The fourth-order valence-corrected chi connectivity index (χ4v) is 1.94. The van der Waals surface area contributed by atoms with Gasteiger partial charge in [-0.3, -0.25) is 0 Å². The van der Waals surface area contributed by atoms with E-state index in [2.05, 4.69) is 35.6 Å². The zero-order valence-electron chi connectivity index (χ0n) is 8.16. The molecule has 0 fully saturated rings. The van der Waals surface area contributed by atoms with E-state index in [1.54, 1.807) is 0 Å². The summed E-state index contributed by atoms with van der Waals surface area (Å²) in [7, 11) is 3.09. The number of benzene rings is 1. The number of aromatic nitrogens is 1. The van der Waals surface area contributed by atoms with E-state index < -0.39 is 0 Å². The first kappa shape index (κ1) is 9.34. The van der Waals surface area contributed by atoms with Crippen molar-refractivity contribution >= 4 is 21.4 Å². The second-order valence-electron chi connectivity index (χ2n) is 3.33. The molecule has 0 saturated heterocycles. The van der Waals surface area contributed by atoms with Crippen LogP contribution in [0.15, 0.2) is 30.3 Å². The van der Waals surface area contributed by atoms with E-state index in [0.717, 1.165) is 18.4 Å². The van der Waals surface area contributed by atoms with Gasteiger partial charge in [0, 0.05) is 5.39 Å². The molecule has 3 radical (unpaired) electrons. The molecule has 0 aliphatic carbocycles. The van der Waals surface area contributed by atoms with E-state index in [1.165, 1.54) is 11.1 Å². The summed E-state index contributed by atoms with van der Waals surface area (Å²) < 4.78 is 7.00. The molecule has 3 heteroatoms. The summed E-state index contributed by atoms with van der Waals surface area (Å²) in [5, 5.41) is 1.22. The summed E-state index contributed by atoms with van der Waals surface area (Å²) >= 11 is 0. The first-order valence-electron chi connectivity index (χ1n) is 4.80. The lowest BCUT2D eigenvalue weighted by Crippen LogP contribution is -2.10. The van der Waals surface area contributed by atoms with Crippen molar-refractivity contribution in [2.45, 2.75) is 19.8 Å². The van der Waals surface area contributed by atoms with E-state index in [1.807, 2.05) is 16.9 Å². The maximum Gasteiger partial charge on any atom is 0.385 e. The fourth-order valence-electron chi connectivity index (χ4n) is 1.73. The third-order valence-electron chi connectivity index (χ3n) is 2.34. The Morgan fingerprint density at radius 3 is 2.86 bits per heavy atom. The highest BCUT2D eigenvalue weighted by Gasteiger charge is 2.06. The standard InChI is InChI=1S/C11H12NOSi/c1-2-5-10-8-9-6-3-4-7-11(9)12(10)13-14/h3-4,6-8H,2,5H2,1H3. The molecule has 0 unspecified atom stereocenters. The molecule has 2 nitrogen and oxygen atoms in total. The lowest BCUT2D eigenvalue weighted by atomic mass is 10.2. The highest BCUT2D eigenvalue weighted by Crippen LogP contribution is 2.19. The van der Waals surface area contributed by atoms with Crippen LogP contribution < -0.4 is 4.53 Å². The van der Waals surface area contributed by atoms with Gasteiger partial charge in [-0.2, -0.15) is 0 Å². The summed E-state index contributed by atoms with van der Waals surface area (Å²) in [4.78, 5) is 0. The van der Waals surface area contributed by atoms with Crippen LogP contribution in [-0.2, 0) is 6.42 Å². The van der Waals surface area contributed by atoms with Crippen molar-refractivity contribution in [1.29, 1.82) is 0 Å². The van der Waals surface area contributed by atoms with Gasteiger partial charge in [-0.15, -0.1) is 0 Å². The molecule has 0 spiro atoms. The number of hydrogen-bond donors (Lipinski definition) is 0. The molecular formula is C11H12NOSi. The first-order chi connectivity index (χ1) is 6.86. The molecule has 0 N–H and O–H groups in total. The quantitative estimate of drug-likeness (QED) is 0.695. The van der Waals surface area contributed by atoms with E-state index in [-0.39, 0.29) is 0 Å². The molecule has 71 valence electrons. The van der Waals surface area contributed by atoms with Gasteiger partial charge in [0.25, 0.3) is 0 Å². The second kappa shape index (κ2) is 3.88. The van der Waals surface area contributed by atoms with E-state index in [9.17, 15) is 0 Å². The molecule has 0 amide bonds. The third-order valence-corrected chi connectivity index (χ3v) is 2.52. The predicted octanol–water partition coefficient (Wildman–Crippen LogP) is 2.11. The summed E-state index contributed by atoms with van der Waals surface area (Å²) in [6, 6.07) is 10.4. The van der Waals surface area contributed by atoms with Crippen molar-refractivity contribution in [1.82, 2.24) is 4.73 Å². The summed E-state index contributed by atoms with van der Waals surface area (Å²) in [6.45, 7) is 2.16. The van der Waals surface area contributed by atoms with Crippen molar-refractivity contribution in [2.75, 3.05) is 0 Å². The monoisotopic (exact) mass is 202 g/mol. The minimum Gasteiger partial charge on any atom is -0.468 e. The number of hydrogen-bond acceptors (Lipinski definition) is 1. The zero-order valence-corrected chi connectivity index (χ0v) is 9.16. The average molecular weight is 202 g/mol. The van der Waals surface area contributed by atoms with Crippen LogP contribution >= 0.6 is 0 Å². The zero-order chi connectivity index (χ0) is 9.97. The first-order valence-corrected chi connectivity index (χ1v) is 5.21. The molecule has 0 atom stereocenters. The van der Waals surface area contributed by atoms with E-state index in [4.69, 9.17) is 4.53 Å². The van der Waals surface area contributed by atoms with Gasteiger partial charge < -0.3 is 4.53 Å². The molecule has 1 aromatic heterocycles. The van der Waals surface area contributed by atoms with Crippen LogP contribution in [0.25, 0.3) is 10.9 Å². The normalized spacial score (nSPS) is 10.7. The van der Waals surface area contributed by atoms with Crippen LogP contribution in [0, 0.1) is 0 Å². The van der Waals surface area contributed by atoms with Gasteiger partial charge in [0.1, 0.15) is 0 Å². The molecule has 0 bridgehead atoms. The Hall–Kier alpha value is -1.22. The maximum atomic E-state index is 5.17. The van der Waals surface area contributed by atoms with Crippen LogP contribution in [0.3, 0.4) is 0 Å². The molecule has 1 heterocycles. The minimum atomic E-state index is 1.03. The molecule has 2 rings (SSSR count). The number of para-hydroxylation sites is 1. The summed E-state index contributed by atoms with van der Waals surface area (Å²) in [6.07, 6.45) is 2.14. The highest BCUT2D eigenvalue weighted by molar-refractivity contribution is 5.98. The Bertz CT molecular complexity index is 436. The van der Waals surface area contributed by atoms with Crippen molar-refractivity contribution in [2.24, 2.45) is 0 Å². The molecule has 14 heavy (non-hydrogen) atoms. The highest BCUT2D eigenvalue weighted by atomic mass is 28.2. The Morgan fingerprint density at radius 2 is 2.14 bits per heavy atom. The smallest absolute Gasteiger partial charge is 0.385 e. The number of aryl methyl sites for hydroxylation is 1. The summed E-state index contributed by atoms with van der Waals surface area (Å²) in [5.74, 6) is 0. The Kier molecular flexibility index (Phi) is 2.59. The number of nitrogens with zero attached hydrogens (tertiary/aromatic N) is 1. The van der Waals surface area contributed by atoms with Gasteiger partial charge in [0.15, 0.2) is 0 Å². The van der Waals surface area contributed by atoms with Gasteiger partial charge >= 0.3 is 10.5 Å². The van der Waals surface area contributed by atoms with E-state index in [0.29, 0.717) is 0 Å². The van der Waals surface area contributed by atoms with Crippen LogP contribution in [0.2, 0.25) is 0 Å². The van der Waals surface area contributed by atoms with Crippen molar-refractivity contribution in [3.8, 4) is 0 Å². The Balaban J connectivity index is 2.60. The van der Waals surface area contributed by atoms with Crippen molar-refractivity contribution in [3.63, 3.8) is 0 Å². The SMILES string of the molecule is CCCc1cc2ccccc2n1O[Si]. The maximum absolute atomic E-state index is 5.17. The van der Waals surface area contributed by atoms with Crippen molar-refractivity contribution < 1.29 is 4.53 Å². The molecule has 1 aromatic carbocycles. The van der Waals surface area contributed by atoms with Crippen LogP contribution in [0.1, 0.15) is 19.0 Å². The van der Waals surface area contributed by atoms with Gasteiger partial charge in [-0.25, -0.2) is 4.73 Å². The molecule has 0 aliphatic rings.